The number of fused-ring (bicyclic) bond motifs is 1. The van der Waals surface area contributed by atoms with E-state index < -0.39 is 6.36 Å². The van der Waals surface area contributed by atoms with E-state index in [1.165, 1.54) is 23.4 Å². The summed E-state index contributed by atoms with van der Waals surface area (Å²) in [6, 6.07) is 12.5. The standard InChI is InChI=1S/C17H19BrFNO/c1-21-17(19)15-10-20-9-8-13(15)14-7-6-11-4-2-3-5-12(11)16(14)18/h2-7,13,15,17,20H,8-10H2,1H3. The first-order chi connectivity index (χ1) is 10.2. The number of ether oxygens (including phenoxy) is 1. The summed E-state index contributed by atoms with van der Waals surface area (Å²) in [6.45, 7) is 1.57. The zero-order chi connectivity index (χ0) is 14.8. The molecule has 2 aromatic rings. The van der Waals surface area contributed by atoms with Crippen molar-refractivity contribution in [2.24, 2.45) is 5.92 Å². The minimum Gasteiger partial charge on any atom is -0.351 e. The Balaban J connectivity index is 2.03. The minimum atomic E-state index is -1.24. The molecule has 1 N–H and O–H groups in total. The fourth-order valence-corrected chi connectivity index (χ4v) is 4.04. The Morgan fingerprint density at radius 3 is 2.90 bits per heavy atom. The second kappa shape index (κ2) is 6.42. The molecule has 0 radical (unpaired) electrons. The van der Waals surface area contributed by atoms with E-state index in [1.807, 2.05) is 12.1 Å². The van der Waals surface area contributed by atoms with Crippen LogP contribution in [-0.2, 0) is 4.74 Å². The van der Waals surface area contributed by atoms with E-state index in [1.54, 1.807) is 0 Å². The molecule has 112 valence electrons. The molecular weight excluding hydrogens is 333 g/mol. The van der Waals surface area contributed by atoms with Gasteiger partial charge in [-0.3, -0.25) is 0 Å². The van der Waals surface area contributed by atoms with Gasteiger partial charge in [0.2, 0.25) is 6.36 Å². The van der Waals surface area contributed by atoms with E-state index in [0.717, 1.165) is 17.4 Å². The largest absolute Gasteiger partial charge is 0.351 e. The lowest BCUT2D eigenvalue weighted by Crippen LogP contribution is -2.41. The molecule has 21 heavy (non-hydrogen) atoms. The van der Waals surface area contributed by atoms with E-state index >= 15 is 0 Å². The number of piperidine rings is 1. The summed E-state index contributed by atoms with van der Waals surface area (Å²) >= 11 is 3.73. The normalized spacial score (nSPS) is 24.1. The SMILES string of the molecule is COC(F)C1CNCCC1c1ccc2ccccc2c1Br. The second-order valence-corrected chi connectivity index (χ2v) is 6.33. The molecule has 0 bridgehead atoms. The van der Waals surface area contributed by atoms with Gasteiger partial charge in [0.15, 0.2) is 0 Å². The highest BCUT2D eigenvalue weighted by Crippen LogP contribution is 2.40. The van der Waals surface area contributed by atoms with E-state index in [2.05, 4.69) is 45.5 Å². The van der Waals surface area contributed by atoms with Gasteiger partial charge in [0.1, 0.15) is 0 Å². The molecule has 4 heteroatoms. The summed E-state index contributed by atoms with van der Waals surface area (Å²) in [5, 5.41) is 5.65. The first-order valence-electron chi connectivity index (χ1n) is 7.27. The highest BCUT2D eigenvalue weighted by atomic mass is 79.9. The van der Waals surface area contributed by atoms with Crippen molar-refractivity contribution in [2.75, 3.05) is 20.2 Å². The van der Waals surface area contributed by atoms with Crippen molar-refractivity contribution >= 4 is 26.7 Å². The van der Waals surface area contributed by atoms with Crippen LogP contribution in [0.4, 0.5) is 4.39 Å². The number of benzene rings is 2. The summed E-state index contributed by atoms with van der Waals surface area (Å²) in [5.74, 6) is 0.0152. The topological polar surface area (TPSA) is 21.3 Å². The first-order valence-corrected chi connectivity index (χ1v) is 8.06. The summed E-state index contributed by atoms with van der Waals surface area (Å²) in [7, 11) is 1.44. The van der Waals surface area contributed by atoms with Crippen molar-refractivity contribution in [1.82, 2.24) is 5.32 Å². The summed E-state index contributed by atoms with van der Waals surface area (Å²) < 4.78 is 20.2. The van der Waals surface area contributed by atoms with Crippen LogP contribution in [0, 0.1) is 5.92 Å². The predicted octanol–water partition coefficient (Wildman–Crippen LogP) is 4.24. The molecule has 1 saturated heterocycles. The fourth-order valence-electron chi connectivity index (χ4n) is 3.26. The van der Waals surface area contributed by atoms with Crippen LogP contribution < -0.4 is 5.32 Å². The molecule has 1 aliphatic heterocycles. The van der Waals surface area contributed by atoms with Crippen LogP contribution in [0.5, 0.6) is 0 Å². The van der Waals surface area contributed by atoms with E-state index in [-0.39, 0.29) is 11.8 Å². The molecule has 0 spiro atoms. The lowest BCUT2D eigenvalue weighted by Gasteiger charge is -2.34. The number of halogens is 2. The van der Waals surface area contributed by atoms with Crippen LogP contribution in [0.3, 0.4) is 0 Å². The molecule has 3 atom stereocenters. The van der Waals surface area contributed by atoms with Crippen molar-refractivity contribution in [3.8, 4) is 0 Å². The minimum absolute atomic E-state index is 0.152. The smallest absolute Gasteiger partial charge is 0.203 e. The Morgan fingerprint density at radius 2 is 2.10 bits per heavy atom. The van der Waals surface area contributed by atoms with Crippen molar-refractivity contribution < 1.29 is 9.13 Å². The molecule has 0 saturated carbocycles. The zero-order valence-electron chi connectivity index (χ0n) is 12.0. The van der Waals surface area contributed by atoms with Gasteiger partial charge in [0, 0.05) is 24.0 Å². The number of alkyl halides is 1. The fraction of sp³-hybridized carbons (Fsp3) is 0.412. The van der Waals surface area contributed by atoms with Gasteiger partial charge in [-0.05, 0) is 51.1 Å². The quantitative estimate of drug-likeness (QED) is 0.892. The van der Waals surface area contributed by atoms with E-state index in [4.69, 9.17) is 4.74 Å². The number of methoxy groups -OCH3 is 1. The lowest BCUT2D eigenvalue weighted by atomic mass is 9.80. The van der Waals surface area contributed by atoms with Crippen molar-refractivity contribution in [2.45, 2.75) is 18.7 Å². The van der Waals surface area contributed by atoms with Crippen molar-refractivity contribution in [3.63, 3.8) is 0 Å². The third-order valence-electron chi connectivity index (χ3n) is 4.38. The van der Waals surface area contributed by atoms with Crippen LogP contribution in [0.25, 0.3) is 10.8 Å². The average Bonchev–Trinajstić information content (AvgIpc) is 2.55. The second-order valence-electron chi connectivity index (χ2n) is 5.54. The Bertz CT molecular complexity index is 633. The van der Waals surface area contributed by atoms with Gasteiger partial charge in [-0.25, -0.2) is 4.39 Å². The van der Waals surface area contributed by atoms with Crippen LogP contribution in [0.2, 0.25) is 0 Å². The zero-order valence-corrected chi connectivity index (χ0v) is 13.6. The Morgan fingerprint density at radius 1 is 1.29 bits per heavy atom. The molecule has 0 aromatic heterocycles. The maximum Gasteiger partial charge on any atom is 0.203 e. The van der Waals surface area contributed by atoms with Gasteiger partial charge in [-0.2, -0.15) is 0 Å². The van der Waals surface area contributed by atoms with Gasteiger partial charge in [0.25, 0.3) is 0 Å². The summed E-state index contributed by atoms with van der Waals surface area (Å²) in [4.78, 5) is 0. The van der Waals surface area contributed by atoms with Crippen molar-refractivity contribution in [3.05, 3.63) is 46.4 Å². The third kappa shape index (κ3) is 2.85. The van der Waals surface area contributed by atoms with Crippen LogP contribution in [0.15, 0.2) is 40.9 Å². The molecule has 0 amide bonds. The lowest BCUT2D eigenvalue weighted by molar-refractivity contribution is -0.0618. The van der Waals surface area contributed by atoms with Crippen molar-refractivity contribution in [1.29, 1.82) is 0 Å². The maximum atomic E-state index is 14.1. The highest BCUT2D eigenvalue weighted by molar-refractivity contribution is 9.10. The Kier molecular flexibility index (Phi) is 4.57. The van der Waals surface area contributed by atoms with Crippen LogP contribution >= 0.6 is 15.9 Å². The van der Waals surface area contributed by atoms with Gasteiger partial charge >= 0.3 is 0 Å². The molecule has 1 heterocycles. The molecule has 2 aromatic carbocycles. The molecule has 0 aliphatic carbocycles. The Hall–Kier alpha value is -0.970. The molecule has 3 rings (SSSR count). The molecular formula is C17H19BrFNO. The third-order valence-corrected chi connectivity index (χ3v) is 5.27. The molecule has 1 aliphatic rings. The van der Waals surface area contributed by atoms with Gasteiger partial charge in [-0.1, -0.05) is 36.4 Å². The highest BCUT2D eigenvalue weighted by Gasteiger charge is 2.34. The predicted molar refractivity (Wildman–Crippen MR) is 87.3 cm³/mol. The maximum absolute atomic E-state index is 14.1. The van der Waals surface area contributed by atoms with Gasteiger partial charge in [-0.15, -0.1) is 0 Å². The monoisotopic (exact) mass is 351 g/mol. The first kappa shape index (κ1) is 14.9. The number of nitrogens with one attached hydrogen (secondary N) is 1. The Labute approximate surface area is 132 Å². The molecule has 3 unspecified atom stereocenters. The van der Waals surface area contributed by atoms with Crippen LogP contribution in [-0.4, -0.2) is 26.6 Å². The number of rotatable bonds is 3. The van der Waals surface area contributed by atoms with E-state index in [9.17, 15) is 4.39 Å². The number of hydrogen-bond donors (Lipinski definition) is 1. The summed E-state index contributed by atoms with van der Waals surface area (Å²) in [5.41, 5.74) is 1.18. The molecule has 1 fully saturated rings. The van der Waals surface area contributed by atoms with Gasteiger partial charge in [0.05, 0.1) is 0 Å². The molecule has 2 nitrogen and oxygen atoms in total. The van der Waals surface area contributed by atoms with Gasteiger partial charge < -0.3 is 10.1 Å². The number of hydrogen-bond acceptors (Lipinski definition) is 2. The van der Waals surface area contributed by atoms with Crippen LogP contribution in [0.1, 0.15) is 17.9 Å². The van der Waals surface area contributed by atoms with E-state index in [0.29, 0.717) is 6.54 Å². The summed E-state index contributed by atoms with van der Waals surface area (Å²) in [6.07, 6.45) is -0.313. The average molecular weight is 352 g/mol.